The Labute approximate surface area is 185 Å². The predicted octanol–water partition coefficient (Wildman–Crippen LogP) is 7.80. The Bertz CT molecular complexity index is 539. The highest BCUT2D eigenvalue weighted by molar-refractivity contribution is 8.34. The van der Waals surface area contributed by atoms with E-state index in [1.54, 1.807) is 0 Å². The number of halogens is 3. The fraction of sp³-hybridized carbons (Fsp3) is 1.00. The normalized spacial score (nSPS) is 47.1. The molecule has 0 spiro atoms. The number of hydrogen-bond acceptors (Lipinski definition) is 1. The summed E-state index contributed by atoms with van der Waals surface area (Å²) in [6.07, 6.45) is 7.35. The van der Waals surface area contributed by atoms with E-state index in [9.17, 15) is 18.3 Å². The van der Waals surface area contributed by atoms with Crippen LogP contribution in [0.1, 0.15) is 92.4 Å². The largest absolute Gasteiger partial charge is 0.396 e. The van der Waals surface area contributed by atoms with Crippen molar-refractivity contribution >= 4 is 10.0 Å². The molecule has 0 aromatic carbocycles. The van der Waals surface area contributed by atoms with E-state index in [1.165, 1.54) is 25.7 Å². The quantitative estimate of drug-likeness (QED) is 0.453. The smallest absolute Gasteiger partial charge is 0.391 e. The molecule has 0 aromatic rings. The van der Waals surface area contributed by atoms with Gasteiger partial charge in [0.1, 0.15) is 0 Å². The van der Waals surface area contributed by atoms with Crippen molar-refractivity contribution in [1.82, 2.24) is 0 Å². The molecule has 4 aliphatic rings. The molecule has 8 atom stereocenters. The summed E-state index contributed by atoms with van der Waals surface area (Å²) in [5.41, 5.74) is 0.371. The molecule has 2 aliphatic heterocycles. The van der Waals surface area contributed by atoms with Crippen molar-refractivity contribution in [2.75, 3.05) is 18.6 Å². The van der Waals surface area contributed by atoms with Gasteiger partial charge in [-0.3, -0.25) is 0 Å². The highest BCUT2D eigenvalue weighted by Crippen LogP contribution is 2.73. The molecule has 0 amide bonds. The lowest BCUT2D eigenvalue weighted by Gasteiger charge is -2.64. The molecule has 0 radical (unpaired) electrons. The Morgan fingerprint density at radius 1 is 0.967 bits per heavy atom. The first-order valence-corrected chi connectivity index (χ1v) is 14.9. The van der Waals surface area contributed by atoms with Gasteiger partial charge in [-0.1, -0.05) is 34.6 Å². The van der Waals surface area contributed by atoms with Crippen LogP contribution >= 0.6 is 10.0 Å². The van der Waals surface area contributed by atoms with Crippen LogP contribution in [-0.2, 0) is 0 Å². The van der Waals surface area contributed by atoms with Crippen molar-refractivity contribution in [3.05, 3.63) is 0 Å². The first kappa shape index (κ1) is 26.4. The van der Waals surface area contributed by atoms with E-state index in [2.05, 4.69) is 13.2 Å². The Kier molecular flexibility index (Phi) is 9.10. The lowest BCUT2D eigenvalue weighted by Crippen LogP contribution is -2.52. The molecule has 1 nitrogen and oxygen atoms in total. The van der Waals surface area contributed by atoms with Crippen molar-refractivity contribution < 1.29 is 18.3 Å². The van der Waals surface area contributed by atoms with Crippen LogP contribution < -0.4 is 0 Å². The summed E-state index contributed by atoms with van der Waals surface area (Å²) >= 11 is 0. The van der Waals surface area contributed by atoms with Crippen molar-refractivity contribution in [3.63, 3.8) is 0 Å². The molecular weight excluding hydrogens is 405 g/mol. The number of fused-ring (bicyclic) bond motifs is 5. The molecule has 1 N–H and O–H groups in total. The van der Waals surface area contributed by atoms with Crippen LogP contribution in [0.4, 0.5) is 13.2 Å². The summed E-state index contributed by atoms with van der Waals surface area (Å²) in [4.78, 5) is 0. The van der Waals surface area contributed by atoms with Crippen LogP contribution in [0.3, 0.4) is 0 Å². The fourth-order valence-electron chi connectivity index (χ4n) is 7.73. The standard InChI is InChI=1S/C21H35F3OS.2C2H6/c1-20-10-7-19-17(18(20)6-3-14(20)8-11-25)5-4-16-13-15(21(22,23)24)9-12-26(16,19)2;2*1-2/h14-19,25H,3-13H2,1-2H3;2*1-2H3/t14?,15?,16-,17+,18?,19?,20-;;/m1../s1. The average Bonchev–Trinajstić information content (AvgIpc) is 3.06. The monoisotopic (exact) mass is 452 g/mol. The van der Waals surface area contributed by atoms with Crippen LogP contribution in [0.2, 0.25) is 0 Å². The lowest BCUT2D eigenvalue weighted by atomic mass is 9.59. The van der Waals surface area contributed by atoms with E-state index in [4.69, 9.17) is 0 Å². The van der Waals surface area contributed by atoms with E-state index in [0.29, 0.717) is 41.3 Å². The second kappa shape index (κ2) is 10.4. The molecular formula is C25H47F3OS. The Morgan fingerprint density at radius 3 is 2.23 bits per heavy atom. The number of rotatable bonds is 2. The van der Waals surface area contributed by atoms with Gasteiger partial charge in [-0.2, -0.15) is 13.2 Å². The van der Waals surface area contributed by atoms with Crippen LogP contribution in [-0.4, -0.2) is 40.4 Å². The third kappa shape index (κ3) is 4.58. The van der Waals surface area contributed by atoms with Crippen molar-refractivity contribution in [1.29, 1.82) is 0 Å². The zero-order chi connectivity index (χ0) is 22.7. The van der Waals surface area contributed by atoms with Gasteiger partial charge in [-0.25, -0.2) is 10.0 Å². The third-order valence-electron chi connectivity index (χ3n) is 9.24. The fourth-order valence-corrected chi connectivity index (χ4v) is 12.8. The molecule has 0 bridgehead atoms. The molecule has 4 fully saturated rings. The first-order valence-electron chi connectivity index (χ1n) is 12.6. The lowest BCUT2D eigenvalue weighted by molar-refractivity contribution is -0.177. The Balaban J connectivity index is 0.000000757. The number of alkyl halides is 3. The minimum absolute atomic E-state index is 0.297. The Morgan fingerprint density at radius 2 is 1.63 bits per heavy atom. The SMILES string of the molecule is CC.CC.C[C@]12CCC3[C@@H](CC[C@@H]4CC(C(F)(F)F)CCS34C)C1CCC2CCO. The minimum atomic E-state index is -3.99. The maximum Gasteiger partial charge on any atom is 0.391 e. The summed E-state index contributed by atoms with van der Waals surface area (Å²) in [7, 11) is -0.921. The zero-order valence-electron chi connectivity index (χ0n) is 20.2. The van der Waals surface area contributed by atoms with E-state index in [0.717, 1.165) is 36.9 Å². The number of hydrogen-bond donors (Lipinski definition) is 1. The summed E-state index contributed by atoms with van der Waals surface area (Å²) in [5.74, 6) is 1.96. The van der Waals surface area contributed by atoms with Crippen LogP contribution in [0.15, 0.2) is 0 Å². The maximum absolute atomic E-state index is 13.3. The topological polar surface area (TPSA) is 20.2 Å². The maximum atomic E-state index is 13.3. The minimum Gasteiger partial charge on any atom is -0.396 e. The zero-order valence-corrected chi connectivity index (χ0v) is 21.0. The predicted molar refractivity (Wildman–Crippen MR) is 125 cm³/mol. The van der Waals surface area contributed by atoms with E-state index in [1.807, 2.05) is 27.7 Å². The van der Waals surface area contributed by atoms with Gasteiger partial charge in [-0.05, 0) is 103 Å². The summed E-state index contributed by atoms with van der Waals surface area (Å²) < 4.78 is 39.9. The molecule has 5 unspecified atom stereocenters. The van der Waals surface area contributed by atoms with E-state index >= 15 is 0 Å². The van der Waals surface area contributed by atoms with Crippen LogP contribution in [0.25, 0.3) is 0 Å². The number of aliphatic hydroxyl groups excluding tert-OH is 1. The van der Waals surface area contributed by atoms with E-state index < -0.39 is 22.1 Å². The van der Waals surface area contributed by atoms with E-state index in [-0.39, 0.29) is 0 Å². The molecule has 180 valence electrons. The van der Waals surface area contributed by atoms with Gasteiger partial charge in [0.15, 0.2) is 0 Å². The molecule has 30 heavy (non-hydrogen) atoms. The highest BCUT2D eigenvalue weighted by atomic mass is 32.3. The second-order valence-corrected chi connectivity index (χ2v) is 14.2. The summed E-state index contributed by atoms with van der Waals surface area (Å²) in [5, 5.41) is 10.5. The van der Waals surface area contributed by atoms with Gasteiger partial charge < -0.3 is 5.11 Å². The highest BCUT2D eigenvalue weighted by Gasteiger charge is 2.59. The van der Waals surface area contributed by atoms with Crippen LogP contribution in [0.5, 0.6) is 0 Å². The first-order chi connectivity index (χ1) is 14.2. The van der Waals surface area contributed by atoms with Crippen molar-refractivity contribution in [2.45, 2.75) is 109 Å². The molecule has 0 aromatic heterocycles. The molecule has 2 heterocycles. The van der Waals surface area contributed by atoms with Gasteiger partial charge in [-0.15, -0.1) is 0 Å². The van der Waals surface area contributed by atoms with Gasteiger partial charge in [0.25, 0.3) is 0 Å². The van der Waals surface area contributed by atoms with Gasteiger partial charge >= 0.3 is 6.18 Å². The summed E-state index contributed by atoms with van der Waals surface area (Å²) in [6, 6.07) is 0. The van der Waals surface area contributed by atoms with Crippen molar-refractivity contribution in [3.8, 4) is 0 Å². The van der Waals surface area contributed by atoms with Crippen LogP contribution in [0, 0.1) is 29.1 Å². The van der Waals surface area contributed by atoms with Crippen molar-refractivity contribution in [2.24, 2.45) is 29.1 Å². The molecule has 2 saturated carbocycles. The third-order valence-corrected chi connectivity index (χ3v) is 14.3. The summed E-state index contributed by atoms with van der Waals surface area (Å²) in [6.45, 7) is 10.8. The average molecular weight is 453 g/mol. The Hall–Kier alpha value is 0.1000. The molecule has 2 saturated heterocycles. The van der Waals surface area contributed by atoms with Gasteiger partial charge in [0.05, 0.1) is 5.92 Å². The molecule has 2 aliphatic carbocycles. The molecule has 5 heteroatoms. The number of aliphatic hydroxyl groups is 1. The molecule has 4 rings (SSSR count). The van der Waals surface area contributed by atoms with Gasteiger partial charge in [0.2, 0.25) is 0 Å². The van der Waals surface area contributed by atoms with Gasteiger partial charge in [0, 0.05) is 6.61 Å². The second-order valence-electron chi connectivity index (χ2n) is 10.0.